The molecule has 1 fully saturated rings. The Balaban J connectivity index is 1.37. The number of aliphatic imine (C=N–C) groups is 1. The topological polar surface area (TPSA) is 74.9 Å². The zero-order valence-corrected chi connectivity index (χ0v) is 19.7. The molecule has 0 bridgehead atoms. The van der Waals surface area contributed by atoms with Gasteiger partial charge in [0.2, 0.25) is 5.89 Å². The molecule has 0 saturated carbocycles. The van der Waals surface area contributed by atoms with E-state index in [0.717, 1.165) is 42.7 Å². The highest BCUT2D eigenvalue weighted by atomic mass is 16.5. The van der Waals surface area contributed by atoms with Gasteiger partial charge in [0.15, 0.2) is 11.7 Å². The molecule has 3 aromatic rings. The summed E-state index contributed by atoms with van der Waals surface area (Å²) >= 11 is 0. The third-order valence-corrected chi connectivity index (χ3v) is 6.04. The minimum Gasteiger partial charge on any atom is -0.497 e. The van der Waals surface area contributed by atoms with E-state index in [1.807, 2.05) is 18.2 Å². The molecule has 0 radical (unpaired) electrons. The van der Waals surface area contributed by atoms with Crippen molar-refractivity contribution in [1.82, 2.24) is 20.5 Å². The van der Waals surface area contributed by atoms with Gasteiger partial charge in [-0.3, -0.25) is 9.89 Å². The molecule has 1 aliphatic heterocycles. The average molecular weight is 448 g/mol. The number of guanidine groups is 1. The Kier molecular flexibility index (Phi) is 7.62. The van der Waals surface area contributed by atoms with Gasteiger partial charge < -0.3 is 19.8 Å². The van der Waals surface area contributed by atoms with Crippen molar-refractivity contribution in [3.8, 4) is 17.1 Å². The van der Waals surface area contributed by atoms with Crippen LogP contribution in [0.1, 0.15) is 35.9 Å². The summed E-state index contributed by atoms with van der Waals surface area (Å²) in [6, 6.07) is 16.8. The molecule has 1 unspecified atom stereocenters. The van der Waals surface area contributed by atoms with E-state index in [9.17, 15) is 0 Å². The first-order valence-corrected chi connectivity index (χ1v) is 11.5. The minimum absolute atomic E-state index is 0.246. The zero-order valence-electron chi connectivity index (χ0n) is 19.7. The van der Waals surface area contributed by atoms with Crippen molar-refractivity contribution in [2.45, 2.75) is 32.4 Å². The quantitative estimate of drug-likeness (QED) is 0.399. The summed E-state index contributed by atoms with van der Waals surface area (Å²) in [5.74, 6) is 2.99. The van der Waals surface area contributed by atoms with Crippen LogP contribution in [0.15, 0.2) is 64.1 Å². The molecule has 33 heavy (non-hydrogen) atoms. The molecule has 2 heterocycles. The Morgan fingerprint density at radius 1 is 1.15 bits per heavy atom. The van der Waals surface area contributed by atoms with E-state index in [0.29, 0.717) is 12.4 Å². The number of rotatable bonds is 8. The van der Waals surface area contributed by atoms with Crippen LogP contribution in [-0.4, -0.2) is 49.6 Å². The number of hydrogen-bond donors (Lipinski definition) is 2. The van der Waals surface area contributed by atoms with Crippen LogP contribution in [0.3, 0.4) is 0 Å². The fraction of sp³-hybridized carbons (Fsp3) is 0.385. The zero-order chi connectivity index (χ0) is 23.0. The summed E-state index contributed by atoms with van der Waals surface area (Å²) in [5, 5.41) is 6.80. The summed E-state index contributed by atoms with van der Waals surface area (Å²) in [7, 11) is 3.49. The Bertz CT molecular complexity index is 1050. The number of ether oxygens (including phenoxy) is 1. The van der Waals surface area contributed by atoms with Crippen molar-refractivity contribution < 1.29 is 9.15 Å². The molecule has 2 aromatic carbocycles. The van der Waals surface area contributed by atoms with E-state index < -0.39 is 0 Å². The maximum absolute atomic E-state index is 5.93. The molecular formula is C26H33N5O2. The van der Waals surface area contributed by atoms with E-state index in [1.54, 1.807) is 20.4 Å². The number of hydrogen-bond acceptors (Lipinski definition) is 5. The fourth-order valence-corrected chi connectivity index (χ4v) is 4.18. The van der Waals surface area contributed by atoms with Crippen LogP contribution in [0, 0.1) is 6.92 Å². The molecule has 174 valence electrons. The first kappa shape index (κ1) is 22.9. The van der Waals surface area contributed by atoms with Crippen LogP contribution in [0.2, 0.25) is 0 Å². The first-order chi connectivity index (χ1) is 16.2. The molecule has 0 spiro atoms. The normalized spacial score (nSPS) is 15.4. The summed E-state index contributed by atoms with van der Waals surface area (Å²) in [5.41, 5.74) is 3.49. The lowest BCUT2D eigenvalue weighted by Gasteiger charge is -2.29. The maximum atomic E-state index is 5.93. The van der Waals surface area contributed by atoms with Gasteiger partial charge in [-0.15, -0.1) is 0 Å². The number of nitrogens with zero attached hydrogens (tertiary/aromatic N) is 3. The number of nitrogens with one attached hydrogen (secondary N) is 2. The van der Waals surface area contributed by atoms with E-state index in [4.69, 9.17) is 9.15 Å². The largest absolute Gasteiger partial charge is 0.497 e. The Morgan fingerprint density at radius 2 is 1.94 bits per heavy atom. The van der Waals surface area contributed by atoms with Gasteiger partial charge in [0.05, 0.1) is 25.9 Å². The summed E-state index contributed by atoms with van der Waals surface area (Å²) in [6.07, 6.45) is 4.24. The molecule has 4 rings (SSSR count). The third-order valence-electron chi connectivity index (χ3n) is 6.04. The molecule has 1 aromatic heterocycles. The second-order valence-electron chi connectivity index (χ2n) is 8.33. The van der Waals surface area contributed by atoms with Crippen molar-refractivity contribution in [3.05, 3.63) is 71.7 Å². The lowest BCUT2D eigenvalue weighted by Crippen LogP contribution is -2.42. The Hall–Kier alpha value is -3.32. The van der Waals surface area contributed by atoms with Gasteiger partial charge in [0.25, 0.3) is 0 Å². The van der Waals surface area contributed by atoms with Crippen molar-refractivity contribution in [2.24, 2.45) is 4.99 Å². The van der Waals surface area contributed by atoms with Crippen molar-refractivity contribution >= 4 is 5.96 Å². The van der Waals surface area contributed by atoms with Gasteiger partial charge in [0.1, 0.15) is 5.75 Å². The molecule has 1 saturated heterocycles. The number of aromatic nitrogens is 1. The van der Waals surface area contributed by atoms with Crippen LogP contribution < -0.4 is 15.4 Å². The lowest BCUT2D eigenvalue weighted by atomic mass is 10.1. The smallest absolute Gasteiger partial charge is 0.214 e. The van der Waals surface area contributed by atoms with Crippen LogP contribution in [0.25, 0.3) is 11.3 Å². The maximum Gasteiger partial charge on any atom is 0.214 e. The van der Waals surface area contributed by atoms with Crippen LogP contribution >= 0.6 is 0 Å². The second-order valence-corrected chi connectivity index (χ2v) is 8.33. The monoisotopic (exact) mass is 447 g/mol. The molecular weight excluding hydrogens is 414 g/mol. The summed E-state index contributed by atoms with van der Waals surface area (Å²) < 4.78 is 11.4. The van der Waals surface area contributed by atoms with Gasteiger partial charge in [-0.2, -0.15) is 0 Å². The summed E-state index contributed by atoms with van der Waals surface area (Å²) in [6.45, 7) is 5.48. The number of likely N-dealkylation sites (tertiary alicyclic amines) is 1. The molecule has 0 amide bonds. The van der Waals surface area contributed by atoms with Crippen LogP contribution in [0.4, 0.5) is 0 Å². The van der Waals surface area contributed by atoms with E-state index in [-0.39, 0.29) is 6.04 Å². The summed E-state index contributed by atoms with van der Waals surface area (Å²) in [4.78, 5) is 11.3. The molecule has 1 aliphatic rings. The highest BCUT2D eigenvalue weighted by Crippen LogP contribution is 2.27. The third kappa shape index (κ3) is 5.93. The standard InChI is InChI=1S/C26H33N5O2/c1-19-9-11-20(12-10-19)24-17-28-25(33-24)18-30-26(27-2)29-16-23(31-13-4-5-14-31)21-7-6-8-22(15-21)32-3/h6-12,15,17,23H,4-5,13-14,16,18H2,1-3H3,(H2,27,29,30). The van der Waals surface area contributed by atoms with E-state index in [1.165, 1.54) is 24.0 Å². The van der Waals surface area contributed by atoms with Gasteiger partial charge in [-0.05, 0) is 50.6 Å². The number of aryl methyl sites for hydroxylation is 1. The van der Waals surface area contributed by atoms with Crippen molar-refractivity contribution in [2.75, 3.05) is 33.8 Å². The van der Waals surface area contributed by atoms with Gasteiger partial charge in [-0.1, -0.05) is 42.0 Å². The predicted octanol–water partition coefficient (Wildman–Crippen LogP) is 4.16. The number of oxazole rings is 1. The highest BCUT2D eigenvalue weighted by Gasteiger charge is 2.24. The number of benzene rings is 2. The van der Waals surface area contributed by atoms with Crippen molar-refractivity contribution in [1.29, 1.82) is 0 Å². The molecule has 1 atom stereocenters. The minimum atomic E-state index is 0.246. The Labute approximate surface area is 195 Å². The van der Waals surface area contributed by atoms with E-state index >= 15 is 0 Å². The van der Waals surface area contributed by atoms with E-state index in [2.05, 4.69) is 62.8 Å². The fourth-order valence-electron chi connectivity index (χ4n) is 4.18. The molecule has 2 N–H and O–H groups in total. The molecule has 7 nitrogen and oxygen atoms in total. The molecule has 0 aliphatic carbocycles. The Morgan fingerprint density at radius 3 is 2.67 bits per heavy atom. The van der Waals surface area contributed by atoms with Crippen LogP contribution in [-0.2, 0) is 6.54 Å². The average Bonchev–Trinajstić information content (AvgIpc) is 3.55. The van der Waals surface area contributed by atoms with Crippen LogP contribution in [0.5, 0.6) is 5.75 Å². The highest BCUT2D eigenvalue weighted by molar-refractivity contribution is 5.79. The first-order valence-electron chi connectivity index (χ1n) is 11.5. The SMILES string of the molecule is CN=C(NCc1ncc(-c2ccc(C)cc2)o1)NCC(c1cccc(OC)c1)N1CCCC1. The second kappa shape index (κ2) is 11.0. The van der Waals surface area contributed by atoms with Gasteiger partial charge >= 0.3 is 0 Å². The van der Waals surface area contributed by atoms with Crippen molar-refractivity contribution in [3.63, 3.8) is 0 Å². The number of methoxy groups -OCH3 is 1. The van der Waals surface area contributed by atoms with Gasteiger partial charge in [-0.25, -0.2) is 4.98 Å². The van der Waals surface area contributed by atoms with Gasteiger partial charge in [0, 0.05) is 19.2 Å². The molecule has 7 heteroatoms. The lowest BCUT2D eigenvalue weighted by molar-refractivity contribution is 0.245. The predicted molar refractivity (Wildman–Crippen MR) is 131 cm³/mol.